The fraction of sp³-hybridized carbons (Fsp3) is 0.100. The number of nitrogen functional groups attached to an aromatic ring is 1. The van der Waals surface area contributed by atoms with E-state index >= 15 is 0 Å². The van der Waals surface area contributed by atoms with Crippen molar-refractivity contribution in [3.05, 3.63) is 29.8 Å². The molecule has 0 heterocycles. The van der Waals surface area contributed by atoms with Gasteiger partial charge in [0.25, 0.3) is 0 Å². The smallest absolute Gasteiger partial charge is 0.241 e. The highest BCUT2D eigenvalue weighted by Crippen LogP contribution is 2.22. The van der Waals surface area contributed by atoms with Gasteiger partial charge in [0, 0.05) is 23.4 Å². The first kappa shape index (κ1) is 10.1. The van der Waals surface area contributed by atoms with E-state index in [1.165, 1.54) is 13.2 Å². The van der Waals surface area contributed by atoms with E-state index < -0.39 is 5.91 Å². The summed E-state index contributed by atoms with van der Waals surface area (Å²) in [6.07, 6.45) is 2.86. The number of anilines is 1. The molecule has 0 aliphatic heterocycles. The molecule has 14 heavy (non-hydrogen) atoms. The molecule has 74 valence electrons. The lowest BCUT2D eigenvalue weighted by molar-refractivity contribution is -0.113. The zero-order valence-corrected chi connectivity index (χ0v) is 7.86. The second-order valence-electron chi connectivity index (χ2n) is 2.74. The molecule has 0 atom stereocenters. The van der Waals surface area contributed by atoms with E-state index in [9.17, 15) is 4.79 Å². The third kappa shape index (κ3) is 2.52. The first-order chi connectivity index (χ1) is 6.63. The lowest BCUT2D eigenvalue weighted by Gasteiger charge is -2.04. The number of carbonyl (C=O) groups excluding carboxylic acids is 1. The molecule has 1 amide bonds. The summed E-state index contributed by atoms with van der Waals surface area (Å²) >= 11 is 0. The molecule has 4 heteroatoms. The Hall–Kier alpha value is -1.97. The number of amides is 1. The van der Waals surface area contributed by atoms with Gasteiger partial charge in [0.15, 0.2) is 0 Å². The Morgan fingerprint density at radius 1 is 1.50 bits per heavy atom. The number of nitrogens with two attached hydrogens (primary N) is 2. The molecule has 0 fully saturated rings. The maximum absolute atomic E-state index is 10.5. The van der Waals surface area contributed by atoms with Crippen molar-refractivity contribution in [1.29, 1.82) is 0 Å². The summed E-state index contributed by atoms with van der Waals surface area (Å²) in [5.74, 6) is 0.117. The van der Waals surface area contributed by atoms with Gasteiger partial charge in [-0.05, 0) is 18.2 Å². The van der Waals surface area contributed by atoms with Crippen LogP contribution in [-0.4, -0.2) is 13.0 Å². The third-order valence-corrected chi connectivity index (χ3v) is 1.68. The first-order valence-corrected chi connectivity index (χ1v) is 4.04. The van der Waals surface area contributed by atoms with Gasteiger partial charge in [0.2, 0.25) is 5.91 Å². The van der Waals surface area contributed by atoms with Gasteiger partial charge in [0.1, 0.15) is 5.75 Å². The van der Waals surface area contributed by atoms with E-state index in [-0.39, 0.29) is 0 Å². The zero-order chi connectivity index (χ0) is 10.6. The van der Waals surface area contributed by atoms with Crippen LogP contribution < -0.4 is 16.2 Å². The molecule has 0 bridgehead atoms. The minimum Gasteiger partial charge on any atom is -0.496 e. The first-order valence-electron chi connectivity index (χ1n) is 4.04. The Labute approximate surface area is 82.2 Å². The molecule has 0 unspecified atom stereocenters. The van der Waals surface area contributed by atoms with Crippen LogP contribution >= 0.6 is 0 Å². The average molecular weight is 192 g/mol. The second-order valence-corrected chi connectivity index (χ2v) is 2.74. The van der Waals surface area contributed by atoms with E-state index in [0.717, 1.165) is 5.56 Å². The normalized spacial score (nSPS) is 10.4. The Kier molecular flexibility index (Phi) is 3.12. The maximum Gasteiger partial charge on any atom is 0.241 e. The fourth-order valence-corrected chi connectivity index (χ4v) is 1.04. The molecule has 1 rings (SSSR count). The fourth-order valence-electron chi connectivity index (χ4n) is 1.04. The molecule has 0 saturated carbocycles. The monoisotopic (exact) mass is 192 g/mol. The SMILES string of the molecule is COc1cc(N)ccc1C=CC(N)=O. The molecule has 0 aromatic heterocycles. The van der Waals surface area contributed by atoms with E-state index in [1.807, 2.05) is 0 Å². The molecule has 0 saturated heterocycles. The van der Waals surface area contributed by atoms with Gasteiger partial charge < -0.3 is 16.2 Å². The van der Waals surface area contributed by atoms with Crippen LogP contribution in [0, 0.1) is 0 Å². The van der Waals surface area contributed by atoms with E-state index in [4.69, 9.17) is 16.2 Å². The van der Waals surface area contributed by atoms with Crippen LogP contribution in [0.2, 0.25) is 0 Å². The summed E-state index contributed by atoms with van der Waals surface area (Å²) in [5.41, 5.74) is 11.9. The number of rotatable bonds is 3. The summed E-state index contributed by atoms with van der Waals surface area (Å²) in [4.78, 5) is 10.5. The Morgan fingerprint density at radius 2 is 2.21 bits per heavy atom. The molecule has 1 aromatic rings. The van der Waals surface area contributed by atoms with Crippen LogP contribution in [0.15, 0.2) is 24.3 Å². The Bertz CT molecular complexity index is 372. The van der Waals surface area contributed by atoms with Crippen molar-refractivity contribution in [2.45, 2.75) is 0 Å². The van der Waals surface area contributed by atoms with Crippen LogP contribution in [-0.2, 0) is 4.79 Å². The molecule has 0 radical (unpaired) electrons. The van der Waals surface area contributed by atoms with Crippen molar-refractivity contribution >= 4 is 17.7 Å². The van der Waals surface area contributed by atoms with Gasteiger partial charge in [-0.3, -0.25) is 4.79 Å². The van der Waals surface area contributed by atoms with Gasteiger partial charge in [-0.25, -0.2) is 0 Å². The van der Waals surface area contributed by atoms with Gasteiger partial charge in [-0.2, -0.15) is 0 Å². The average Bonchev–Trinajstić information content (AvgIpc) is 2.15. The van der Waals surface area contributed by atoms with Crippen LogP contribution in [0.4, 0.5) is 5.69 Å². The van der Waals surface area contributed by atoms with Gasteiger partial charge >= 0.3 is 0 Å². The summed E-state index contributed by atoms with van der Waals surface area (Å²) in [6.45, 7) is 0. The summed E-state index contributed by atoms with van der Waals surface area (Å²) in [5, 5.41) is 0. The van der Waals surface area contributed by atoms with Crippen molar-refractivity contribution in [1.82, 2.24) is 0 Å². The quantitative estimate of drug-likeness (QED) is 0.548. The molecule has 0 aliphatic rings. The lowest BCUT2D eigenvalue weighted by Crippen LogP contribution is -2.05. The van der Waals surface area contributed by atoms with Gasteiger partial charge in [0.05, 0.1) is 7.11 Å². The van der Waals surface area contributed by atoms with Crippen molar-refractivity contribution in [2.75, 3.05) is 12.8 Å². The molecule has 0 spiro atoms. The van der Waals surface area contributed by atoms with E-state index in [2.05, 4.69) is 0 Å². The van der Waals surface area contributed by atoms with Gasteiger partial charge in [-0.15, -0.1) is 0 Å². The number of methoxy groups -OCH3 is 1. The molecule has 1 aromatic carbocycles. The Balaban J connectivity index is 3.02. The Morgan fingerprint density at radius 3 is 2.79 bits per heavy atom. The largest absolute Gasteiger partial charge is 0.496 e. The standard InChI is InChI=1S/C10H12N2O2/c1-14-9-6-8(11)4-2-7(9)3-5-10(12)13/h2-6H,11H2,1H3,(H2,12,13). The predicted molar refractivity (Wildman–Crippen MR) is 55.6 cm³/mol. The molecule has 0 aliphatic carbocycles. The second kappa shape index (κ2) is 4.32. The molecular formula is C10H12N2O2. The highest BCUT2D eigenvalue weighted by molar-refractivity contribution is 5.90. The van der Waals surface area contributed by atoms with E-state index in [1.54, 1.807) is 24.3 Å². The van der Waals surface area contributed by atoms with Crippen LogP contribution in [0.3, 0.4) is 0 Å². The lowest BCUT2D eigenvalue weighted by atomic mass is 10.1. The summed E-state index contributed by atoms with van der Waals surface area (Å²) < 4.78 is 5.08. The van der Waals surface area contributed by atoms with E-state index in [0.29, 0.717) is 11.4 Å². The summed E-state index contributed by atoms with van der Waals surface area (Å²) in [7, 11) is 1.54. The van der Waals surface area contributed by atoms with Gasteiger partial charge in [-0.1, -0.05) is 0 Å². The van der Waals surface area contributed by atoms with Crippen molar-refractivity contribution < 1.29 is 9.53 Å². The molecule has 4 N–H and O–H groups in total. The summed E-state index contributed by atoms with van der Waals surface area (Å²) in [6, 6.07) is 5.16. The molecular weight excluding hydrogens is 180 g/mol. The minimum absolute atomic E-state index is 0.496. The van der Waals surface area contributed by atoms with Crippen LogP contribution in [0.5, 0.6) is 5.75 Å². The maximum atomic E-state index is 10.5. The highest BCUT2D eigenvalue weighted by Gasteiger charge is 1.99. The third-order valence-electron chi connectivity index (χ3n) is 1.68. The number of primary amides is 1. The van der Waals surface area contributed by atoms with Crippen molar-refractivity contribution in [3.8, 4) is 5.75 Å². The number of hydrogen-bond acceptors (Lipinski definition) is 3. The molecule has 4 nitrogen and oxygen atoms in total. The predicted octanol–water partition coefficient (Wildman–Crippen LogP) is 0.776. The zero-order valence-electron chi connectivity index (χ0n) is 7.86. The number of benzene rings is 1. The van der Waals surface area contributed by atoms with Crippen LogP contribution in [0.1, 0.15) is 5.56 Å². The minimum atomic E-state index is -0.496. The number of hydrogen-bond donors (Lipinski definition) is 2. The van der Waals surface area contributed by atoms with Crippen LogP contribution in [0.25, 0.3) is 6.08 Å². The highest BCUT2D eigenvalue weighted by atomic mass is 16.5. The topological polar surface area (TPSA) is 78.3 Å². The van der Waals surface area contributed by atoms with Crippen molar-refractivity contribution in [2.24, 2.45) is 5.73 Å². The number of ether oxygens (including phenoxy) is 1. The van der Waals surface area contributed by atoms with Crippen molar-refractivity contribution in [3.63, 3.8) is 0 Å². The number of carbonyl (C=O) groups is 1.